The van der Waals surface area contributed by atoms with Gasteiger partial charge in [0, 0.05) is 23.4 Å². The molecule has 0 atom stereocenters. The van der Waals surface area contributed by atoms with Crippen molar-refractivity contribution in [3.8, 4) is 23.0 Å². The van der Waals surface area contributed by atoms with Gasteiger partial charge in [0.05, 0.1) is 23.8 Å². The van der Waals surface area contributed by atoms with E-state index >= 15 is 0 Å². The number of aromatic nitrogens is 1. The van der Waals surface area contributed by atoms with Crippen LogP contribution in [0.25, 0.3) is 22.6 Å². The number of nitro benzene ring substituents is 1. The molecule has 0 unspecified atom stereocenters. The molecule has 0 aliphatic heterocycles. The molecule has 0 aliphatic rings. The maximum Gasteiger partial charge on any atom is 0.274 e. The number of phenolic OH excluding ortho intramolecular Hbond substituents is 1. The Hall–Kier alpha value is -4.20. The maximum atomic E-state index is 11.1. The lowest BCUT2D eigenvalue weighted by atomic mass is 9.87. The van der Waals surface area contributed by atoms with Gasteiger partial charge in [-0.3, -0.25) is 15.1 Å². The van der Waals surface area contributed by atoms with Crippen LogP contribution in [-0.2, 0) is 5.41 Å². The van der Waals surface area contributed by atoms with Gasteiger partial charge in [-0.05, 0) is 47.4 Å². The third-order valence-electron chi connectivity index (χ3n) is 5.24. The van der Waals surface area contributed by atoms with E-state index in [1.807, 2.05) is 30.3 Å². The SMILES string of the molecule is COc1cc([N+](=O)[O-])cc(C=Nc2ccc(-c3nc4cc(C(C)(C)C)ccc4o3)cc2)c1O. The average Bonchev–Trinajstić information content (AvgIpc) is 3.21. The number of nitro groups is 1. The van der Waals surface area contributed by atoms with E-state index < -0.39 is 4.92 Å². The van der Waals surface area contributed by atoms with E-state index in [0.717, 1.165) is 22.7 Å². The van der Waals surface area contributed by atoms with Crippen LogP contribution in [0.3, 0.4) is 0 Å². The standard InChI is InChI=1S/C25H23N3O5/c1-25(2,3)17-7-10-21-20(12-17)27-24(33-21)15-5-8-18(9-6-15)26-14-16-11-19(28(30)31)13-22(32-4)23(16)29/h5-14,29H,1-4H3. The summed E-state index contributed by atoms with van der Waals surface area (Å²) in [6, 6.07) is 15.6. The quantitative estimate of drug-likeness (QED) is 0.223. The Morgan fingerprint density at radius 2 is 1.85 bits per heavy atom. The van der Waals surface area contributed by atoms with E-state index in [0.29, 0.717) is 11.6 Å². The predicted octanol–water partition coefficient (Wildman–Crippen LogP) is 6.17. The minimum Gasteiger partial charge on any atom is -0.504 e. The first kappa shape index (κ1) is 22.0. The van der Waals surface area contributed by atoms with Crippen LogP contribution >= 0.6 is 0 Å². The van der Waals surface area contributed by atoms with E-state index in [4.69, 9.17) is 9.15 Å². The summed E-state index contributed by atoms with van der Waals surface area (Å²) in [5.41, 5.74) is 4.08. The third-order valence-corrected chi connectivity index (χ3v) is 5.24. The molecule has 0 radical (unpaired) electrons. The van der Waals surface area contributed by atoms with Crippen LogP contribution < -0.4 is 4.74 Å². The van der Waals surface area contributed by atoms with Gasteiger partial charge in [-0.2, -0.15) is 0 Å². The molecule has 4 rings (SSSR count). The van der Waals surface area contributed by atoms with Gasteiger partial charge < -0.3 is 14.3 Å². The van der Waals surface area contributed by atoms with E-state index in [2.05, 4.69) is 30.7 Å². The summed E-state index contributed by atoms with van der Waals surface area (Å²) in [5.74, 6) is 0.295. The Bertz CT molecular complexity index is 1370. The second-order valence-electron chi connectivity index (χ2n) is 8.60. The summed E-state index contributed by atoms with van der Waals surface area (Å²) in [6.45, 7) is 6.45. The summed E-state index contributed by atoms with van der Waals surface area (Å²) in [5, 5.41) is 21.4. The van der Waals surface area contributed by atoms with Crippen LogP contribution in [0.2, 0.25) is 0 Å². The number of methoxy groups -OCH3 is 1. The topological polar surface area (TPSA) is 111 Å². The number of hydrogen-bond acceptors (Lipinski definition) is 7. The summed E-state index contributed by atoms with van der Waals surface area (Å²) < 4.78 is 10.9. The first-order valence-electron chi connectivity index (χ1n) is 10.3. The van der Waals surface area contributed by atoms with Crippen LogP contribution in [-0.4, -0.2) is 28.3 Å². The fourth-order valence-electron chi connectivity index (χ4n) is 3.33. The lowest BCUT2D eigenvalue weighted by Gasteiger charge is -2.18. The molecule has 8 nitrogen and oxygen atoms in total. The molecule has 0 saturated heterocycles. The molecular formula is C25H23N3O5. The highest BCUT2D eigenvalue weighted by molar-refractivity contribution is 5.88. The molecule has 1 aromatic heterocycles. The van der Waals surface area contributed by atoms with Gasteiger partial charge in [0.15, 0.2) is 17.1 Å². The number of oxazole rings is 1. The van der Waals surface area contributed by atoms with Gasteiger partial charge in [0.25, 0.3) is 5.69 Å². The van der Waals surface area contributed by atoms with Gasteiger partial charge >= 0.3 is 0 Å². The van der Waals surface area contributed by atoms with Crippen molar-refractivity contribution >= 4 is 28.7 Å². The zero-order valence-electron chi connectivity index (χ0n) is 18.7. The minimum atomic E-state index is -0.557. The molecule has 1 heterocycles. The summed E-state index contributed by atoms with van der Waals surface area (Å²) in [6.07, 6.45) is 1.35. The fraction of sp³-hybridized carbons (Fsp3) is 0.200. The normalized spacial score (nSPS) is 11.9. The van der Waals surface area contributed by atoms with Crippen LogP contribution in [0.1, 0.15) is 31.9 Å². The summed E-state index contributed by atoms with van der Waals surface area (Å²) in [4.78, 5) is 19.5. The van der Waals surface area contributed by atoms with Crippen molar-refractivity contribution < 1.29 is 19.2 Å². The number of aromatic hydroxyl groups is 1. The maximum absolute atomic E-state index is 11.1. The Morgan fingerprint density at radius 3 is 2.48 bits per heavy atom. The number of fused-ring (bicyclic) bond motifs is 1. The monoisotopic (exact) mass is 445 g/mol. The Balaban J connectivity index is 1.60. The summed E-state index contributed by atoms with van der Waals surface area (Å²) in [7, 11) is 1.33. The van der Waals surface area contributed by atoms with Crippen LogP contribution in [0.4, 0.5) is 11.4 Å². The number of ether oxygens (including phenoxy) is 1. The molecule has 33 heavy (non-hydrogen) atoms. The molecule has 1 N–H and O–H groups in total. The number of hydrogen-bond donors (Lipinski definition) is 1. The molecule has 3 aromatic carbocycles. The molecule has 0 aliphatic carbocycles. The summed E-state index contributed by atoms with van der Waals surface area (Å²) >= 11 is 0. The number of phenols is 1. The van der Waals surface area contributed by atoms with Gasteiger partial charge in [0.1, 0.15) is 5.52 Å². The smallest absolute Gasteiger partial charge is 0.274 e. The van der Waals surface area contributed by atoms with E-state index in [9.17, 15) is 15.2 Å². The highest BCUT2D eigenvalue weighted by atomic mass is 16.6. The first-order valence-corrected chi connectivity index (χ1v) is 10.3. The number of benzene rings is 3. The fourth-order valence-corrected chi connectivity index (χ4v) is 3.33. The van der Waals surface area contributed by atoms with Crippen molar-refractivity contribution in [2.75, 3.05) is 7.11 Å². The van der Waals surface area contributed by atoms with Crippen LogP contribution in [0.5, 0.6) is 11.5 Å². The second-order valence-corrected chi connectivity index (χ2v) is 8.60. The van der Waals surface area contributed by atoms with Gasteiger partial charge in [0.2, 0.25) is 5.89 Å². The Kier molecular flexibility index (Phi) is 5.59. The Labute approximate surface area is 190 Å². The molecule has 0 bridgehead atoms. The Morgan fingerprint density at radius 1 is 1.12 bits per heavy atom. The van der Waals surface area contributed by atoms with E-state index in [1.165, 1.54) is 25.0 Å². The number of non-ortho nitro benzene ring substituents is 1. The zero-order valence-corrected chi connectivity index (χ0v) is 18.7. The number of nitrogens with zero attached hydrogens (tertiary/aromatic N) is 3. The van der Waals surface area contributed by atoms with Crippen molar-refractivity contribution in [2.24, 2.45) is 4.99 Å². The third kappa shape index (κ3) is 4.55. The molecule has 4 aromatic rings. The highest BCUT2D eigenvalue weighted by Gasteiger charge is 2.17. The highest BCUT2D eigenvalue weighted by Crippen LogP contribution is 2.34. The van der Waals surface area contributed by atoms with Crippen molar-refractivity contribution in [1.29, 1.82) is 0 Å². The van der Waals surface area contributed by atoms with Crippen molar-refractivity contribution in [1.82, 2.24) is 4.98 Å². The van der Waals surface area contributed by atoms with Crippen LogP contribution in [0, 0.1) is 10.1 Å². The molecule has 8 heteroatoms. The largest absolute Gasteiger partial charge is 0.504 e. The molecule has 0 saturated carbocycles. The van der Waals surface area contributed by atoms with Gasteiger partial charge in [-0.15, -0.1) is 0 Å². The van der Waals surface area contributed by atoms with Gasteiger partial charge in [-0.1, -0.05) is 26.8 Å². The first-order chi connectivity index (χ1) is 15.7. The molecular weight excluding hydrogens is 422 g/mol. The van der Waals surface area contributed by atoms with E-state index in [1.54, 1.807) is 12.1 Å². The van der Waals surface area contributed by atoms with E-state index in [-0.39, 0.29) is 28.2 Å². The lowest BCUT2D eigenvalue weighted by Crippen LogP contribution is -2.10. The zero-order chi connectivity index (χ0) is 23.8. The second kappa shape index (κ2) is 8.38. The molecule has 0 fully saturated rings. The average molecular weight is 445 g/mol. The molecule has 0 amide bonds. The lowest BCUT2D eigenvalue weighted by molar-refractivity contribution is -0.385. The number of rotatable bonds is 5. The number of aliphatic imine (C=N–C) groups is 1. The van der Waals surface area contributed by atoms with Crippen molar-refractivity contribution in [3.63, 3.8) is 0 Å². The van der Waals surface area contributed by atoms with Gasteiger partial charge in [-0.25, -0.2) is 4.98 Å². The predicted molar refractivity (Wildman–Crippen MR) is 127 cm³/mol. The minimum absolute atomic E-state index is 0.00609. The molecule has 168 valence electrons. The van der Waals surface area contributed by atoms with Crippen molar-refractivity contribution in [2.45, 2.75) is 26.2 Å². The van der Waals surface area contributed by atoms with Crippen LogP contribution in [0.15, 0.2) is 64.0 Å². The van der Waals surface area contributed by atoms with Crippen molar-refractivity contribution in [3.05, 3.63) is 75.8 Å². The molecule has 0 spiro atoms.